The van der Waals surface area contributed by atoms with Crippen molar-refractivity contribution in [2.45, 2.75) is 44.8 Å². The average Bonchev–Trinajstić information content (AvgIpc) is 2.85. The highest BCUT2D eigenvalue weighted by molar-refractivity contribution is 4.72. The van der Waals surface area contributed by atoms with Gasteiger partial charge in [-0.1, -0.05) is 6.92 Å². The first-order chi connectivity index (χ1) is 8.74. The molecular weight excluding hydrogens is 230 g/mol. The van der Waals surface area contributed by atoms with Crippen LogP contribution in [0.5, 0.6) is 0 Å². The molecule has 2 rings (SSSR count). The maximum atomic E-state index is 9.93. The third kappa shape index (κ3) is 4.84. The van der Waals surface area contributed by atoms with Crippen LogP contribution in [0, 0.1) is 5.92 Å². The predicted molar refractivity (Wildman–Crippen MR) is 70.6 cm³/mol. The van der Waals surface area contributed by atoms with Crippen LogP contribution in [-0.2, 0) is 9.47 Å². The van der Waals surface area contributed by atoms with Crippen LogP contribution in [0.1, 0.15) is 32.6 Å². The van der Waals surface area contributed by atoms with Gasteiger partial charge in [0, 0.05) is 13.2 Å². The highest BCUT2D eigenvalue weighted by Crippen LogP contribution is 2.16. The Bertz CT molecular complexity index is 223. The molecule has 0 bridgehead atoms. The molecule has 0 aromatic rings. The van der Waals surface area contributed by atoms with Gasteiger partial charge < -0.3 is 19.5 Å². The Balaban J connectivity index is 1.52. The molecule has 1 N–H and O–H groups in total. The molecule has 0 spiro atoms. The zero-order valence-electron chi connectivity index (χ0n) is 11.5. The minimum atomic E-state index is -0.361. The minimum absolute atomic E-state index is 0.257. The number of ether oxygens (including phenoxy) is 2. The predicted octanol–water partition coefficient (Wildman–Crippen LogP) is 1.27. The van der Waals surface area contributed by atoms with Crippen LogP contribution < -0.4 is 0 Å². The van der Waals surface area contributed by atoms with E-state index in [1.807, 2.05) is 0 Å². The summed E-state index contributed by atoms with van der Waals surface area (Å²) < 4.78 is 11.0. The molecule has 2 heterocycles. The van der Waals surface area contributed by atoms with Gasteiger partial charge in [0.25, 0.3) is 0 Å². The summed E-state index contributed by atoms with van der Waals surface area (Å²) >= 11 is 0. The summed E-state index contributed by atoms with van der Waals surface area (Å²) in [5.74, 6) is 0.842. The van der Waals surface area contributed by atoms with Crippen molar-refractivity contribution in [3.05, 3.63) is 0 Å². The Morgan fingerprint density at radius 1 is 1.33 bits per heavy atom. The number of β-amino-alcohol motifs (C(OH)–C–C–N with tert-alkyl or cyclic N) is 1. The molecule has 2 aliphatic rings. The van der Waals surface area contributed by atoms with Crippen LogP contribution in [0.15, 0.2) is 0 Å². The third-order valence-corrected chi connectivity index (χ3v) is 3.98. The molecule has 4 nitrogen and oxygen atoms in total. The molecule has 0 saturated carbocycles. The van der Waals surface area contributed by atoms with Crippen molar-refractivity contribution >= 4 is 0 Å². The van der Waals surface area contributed by atoms with Crippen LogP contribution in [0.2, 0.25) is 0 Å². The molecule has 2 aliphatic heterocycles. The SMILES string of the molecule is CC1CCN(CC(O)COCC2CCCO2)CC1. The number of nitrogens with zero attached hydrogens (tertiary/aromatic N) is 1. The van der Waals surface area contributed by atoms with E-state index in [1.54, 1.807) is 0 Å². The monoisotopic (exact) mass is 257 g/mol. The molecule has 2 saturated heterocycles. The van der Waals surface area contributed by atoms with E-state index in [0.29, 0.717) is 13.2 Å². The summed E-state index contributed by atoms with van der Waals surface area (Å²) in [6.45, 7) is 7.22. The quantitative estimate of drug-likeness (QED) is 0.778. The van der Waals surface area contributed by atoms with Gasteiger partial charge in [0.1, 0.15) is 0 Å². The normalized spacial score (nSPS) is 28.7. The van der Waals surface area contributed by atoms with Crippen molar-refractivity contribution in [2.75, 3.05) is 39.5 Å². The topological polar surface area (TPSA) is 41.9 Å². The summed E-state index contributed by atoms with van der Waals surface area (Å²) in [5.41, 5.74) is 0. The van der Waals surface area contributed by atoms with Crippen molar-refractivity contribution in [3.8, 4) is 0 Å². The van der Waals surface area contributed by atoms with E-state index in [9.17, 15) is 5.11 Å². The largest absolute Gasteiger partial charge is 0.389 e. The lowest BCUT2D eigenvalue weighted by molar-refractivity contribution is -0.0272. The molecule has 0 aliphatic carbocycles. The maximum absolute atomic E-state index is 9.93. The lowest BCUT2D eigenvalue weighted by Crippen LogP contribution is -2.40. The second-order valence-electron chi connectivity index (χ2n) is 5.81. The van der Waals surface area contributed by atoms with Crippen LogP contribution >= 0.6 is 0 Å². The number of hydrogen-bond acceptors (Lipinski definition) is 4. The zero-order valence-corrected chi connectivity index (χ0v) is 11.5. The van der Waals surface area contributed by atoms with E-state index in [1.165, 1.54) is 12.8 Å². The van der Waals surface area contributed by atoms with Gasteiger partial charge in [0.15, 0.2) is 0 Å². The molecule has 0 amide bonds. The van der Waals surface area contributed by atoms with E-state index >= 15 is 0 Å². The second kappa shape index (κ2) is 7.43. The molecule has 0 radical (unpaired) electrons. The Kier molecular flexibility index (Phi) is 5.89. The molecule has 18 heavy (non-hydrogen) atoms. The van der Waals surface area contributed by atoms with E-state index in [4.69, 9.17) is 9.47 Å². The molecular formula is C14H27NO3. The van der Waals surface area contributed by atoms with E-state index < -0.39 is 0 Å². The maximum Gasteiger partial charge on any atom is 0.0900 e. The van der Waals surface area contributed by atoms with Gasteiger partial charge in [-0.25, -0.2) is 0 Å². The van der Waals surface area contributed by atoms with E-state index in [0.717, 1.165) is 45.0 Å². The lowest BCUT2D eigenvalue weighted by Gasteiger charge is -2.31. The van der Waals surface area contributed by atoms with Crippen molar-refractivity contribution in [1.82, 2.24) is 4.90 Å². The smallest absolute Gasteiger partial charge is 0.0900 e. The fourth-order valence-corrected chi connectivity index (χ4v) is 2.71. The van der Waals surface area contributed by atoms with Gasteiger partial charge in [0.2, 0.25) is 0 Å². The number of hydrogen-bond donors (Lipinski definition) is 1. The average molecular weight is 257 g/mol. The van der Waals surface area contributed by atoms with E-state index in [2.05, 4.69) is 11.8 Å². The number of aliphatic hydroxyl groups is 1. The van der Waals surface area contributed by atoms with Crippen molar-refractivity contribution < 1.29 is 14.6 Å². The Labute approximate surface area is 110 Å². The Morgan fingerprint density at radius 2 is 2.11 bits per heavy atom. The van der Waals surface area contributed by atoms with Gasteiger partial charge in [0.05, 0.1) is 25.4 Å². The van der Waals surface area contributed by atoms with Gasteiger partial charge in [-0.2, -0.15) is 0 Å². The van der Waals surface area contributed by atoms with Crippen molar-refractivity contribution in [2.24, 2.45) is 5.92 Å². The van der Waals surface area contributed by atoms with Crippen LogP contribution in [-0.4, -0.2) is 61.7 Å². The molecule has 0 aromatic heterocycles. The van der Waals surface area contributed by atoms with Gasteiger partial charge in [-0.05, 0) is 44.7 Å². The number of aliphatic hydroxyl groups excluding tert-OH is 1. The number of piperidine rings is 1. The molecule has 2 unspecified atom stereocenters. The van der Waals surface area contributed by atoms with Gasteiger partial charge in [-0.3, -0.25) is 0 Å². The first kappa shape index (κ1) is 14.3. The summed E-state index contributed by atoms with van der Waals surface area (Å²) in [7, 11) is 0. The molecule has 4 heteroatoms. The molecule has 106 valence electrons. The number of rotatable bonds is 6. The Morgan fingerprint density at radius 3 is 2.78 bits per heavy atom. The van der Waals surface area contributed by atoms with Crippen LogP contribution in [0.4, 0.5) is 0 Å². The fourth-order valence-electron chi connectivity index (χ4n) is 2.71. The minimum Gasteiger partial charge on any atom is -0.389 e. The van der Waals surface area contributed by atoms with Crippen molar-refractivity contribution in [1.29, 1.82) is 0 Å². The molecule has 2 atom stereocenters. The highest BCUT2D eigenvalue weighted by atomic mass is 16.5. The first-order valence-electron chi connectivity index (χ1n) is 7.34. The standard InChI is InChI=1S/C14H27NO3/c1-12-4-6-15(7-5-12)9-13(16)10-17-11-14-3-2-8-18-14/h12-14,16H,2-11H2,1H3. The summed E-state index contributed by atoms with van der Waals surface area (Å²) in [6, 6.07) is 0. The van der Waals surface area contributed by atoms with Crippen LogP contribution in [0.3, 0.4) is 0 Å². The highest BCUT2D eigenvalue weighted by Gasteiger charge is 2.19. The van der Waals surface area contributed by atoms with Crippen LogP contribution in [0.25, 0.3) is 0 Å². The number of likely N-dealkylation sites (tertiary alicyclic amines) is 1. The summed E-state index contributed by atoms with van der Waals surface area (Å²) in [4.78, 5) is 2.35. The molecule has 2 fully saturated rings. The Hall–Kier alpha value is -0.160. The fraction of sp³-hybridized carbons (Fsp3) is 1.00. The summed E-state index contributed by atoms with van der Waals surface area (Å²) in [5, 5.41) is 9.93. The van der Waals surface area contributed by atoms with Gasteiger partial charge >= 0.3 is 0 Å². The second-order valence-corrected chi connectivity index (χ2v) is 5.81. The zero-order chi connectivity index (χ0) is 12.8. The first-order valence-corrected chi connectivity index (χ1v) is 7.34. The lowest BCUT2D eigenvalue weighted by atomic mass is 9.99. The van der Waals surface area contributed by atoms with E-state index in [-0.39, 0.29) is 12.2 Å². The van der Waals surface area contributed by atoms with Crippen molar-refractivity contribution in [3.63, 3.8) is 0 Å². The van der Waals surface area contributed by atoms with Gasteiger partial charge in [-0.15, -0.1) is 0 Å². The third-order valence-electron chi connectivity index (χ3n) is 3.98. The molecule has 0 aromatic carbocycles. The summed E-state index contributed by atoms with van der Waals surface area (Å²) in [6.07, 6.45) is 4.64.